The Hall–Kier alpha value is -1.79. The zero-order valence-corrected chi connectivity index (χ0v) is 10.9. The molecule has 7 nitrogen and oxygen atoms in total. The van der Waals surface area contributed by atoms with Gasteiger partial charge in [-0.2, -0.15) is 0 Å². The lowest BCUT2D eigenvalue weighted by Crippen LogP contribution is -2.49. The number of urea groups is 1. The topological polar surface area (TPSA) is 122 Å². The van der Waals surface area contributed by atoms with Crippen molar-refractivity contribution in [2.75, 3.05) is 0 Å². The summed E-state index contributed by atoms with van der Waals surface area (Å²) >= 11 is 0. The molecular weight excluding hydrogens is 250 g/mol. The molecule has 0 heterocycles. The van der Waals surface area contributed by atoms with E-state index in [1.165, 1.54) is 6.42 Å². The van der Waals surface area contributed by atoms with Crippen LogP contribution in [0.1, 0.15) is 44.9 Å². The van der Waals surface area contributed by atoms with E-state index in [0.29, 0.717) is 0 Å². The zero-order chi connectivity index (χ0) is 14.3. The number of nitrogens with one attached hydrogen (secondary N) is 2. The summed E-state index contributed by atoms with van der Waals surface area (Å²) in [4.78, 5) is 33.2. The van der Waals surface area contributed by atoms with Crippen molar-refractivity contribution >= 4 is 17.9 Å². The minimum Gasteiger partial charge on any atom is -0.480 e. The lowest BCUT2D eigenvalue weighted by atomic mass is 9.96. The predicted molar refractivity (Wildman–Crippen MR) is 68.4 cm³/mol. The first-order valence-corrected chi connectivity index (χ1v) is 6.57. The normalized spacial score (nSPS) is 17.5. The van der Waals surface area contributed by atoms with E-state index >= 15 is 0 Å². The Bertz CT molecular complexity index is 340. The number of nitrogens with two attached hydrogens (primary N) is 1. The number of hydrogen-bond acceptors (Lipinski definition) is 3. The average molecular weight is 271 g/mol. The van der Waals surface area contributed by atoms with E-state index in [4.69, 9.17) is 10.8 Å². The molecule has 1 aliphatic rings. The molecule has 1 aliphatic carbocycles. The van der Waals surface area contributed by atoms with Crippen LogP contribution < -0.4 is 16.4 Å². The smallest absolute Gasteiger partial charge is 0.326 e. The van der Waals surface area contributed by atoms with Gasteiger partial charge in [-0.05, 0) is 19.3 Å². The Kier molecular flexibility index (Phi) is 6.11. The summed E-state index contributed by atoms with van der Waals surface area (Å²) < 4.78 is 0. The quantitative estimate of drug-likeness (QED) is 0.556. The molecule has 1 fully saturated rings. The third-order valence-corrected chi connectivity index (χ3v) is 3.22. The molecule has 7 heteroatoms. The maximum atomic E-state index is 11.7. The SMILES string of the molecule is NC(=O)CC[C@@H](NC(=O)NC1CCCCC1)C(=O)O. The Morgan fingerprint density at radius 3 is 2.37 bits per heavy atom. The fourth-order valence-electron chi connectivity index (χ4n) is 2.18. The van der Waals surface area contributed by atoms with Crippen molar-refractivity contribution in [3.63, 3.8) is 0 Å². The molecule has 1 atom stereocenters. The standard InChI is InChI=1S/C12H21N3O4/c13-10(16)7-6-9(11(17)18)15-12(19)14-8-4-2-1-3-5-8/h8-9H,1-7H2,(H2,13,16)(H,17,18)(H2,14,15,19)/t9-/m1/s1. The molecule has 0 aliphatic heterocycles. The monoisotopic (exact) mass is 271 g/mol. The van der Waals surface area contributed by atoms with Gasteiger partial charge in [0, 0.05) is 12.5 Å². The van der Waals surface area contributed by atoms with Crippen molar-refractivity contribution in [3.05, 3.63) is 0 Å². The minimum atomic E-state index is -1.17. The van der Waals surface area contributed by atoms with Crippen LogP contribution in [0.15, 0.2) is 0 Å². The number of carboxylic acid groups (broad SMARTS) is 1. The molecule has 0 unspecified atom stereocenters. The first-order chi connectivity index (χ1) is 8.99. The van der Waals surface area contributed by atoms with E-state index in [1.807, 2.05) is 0 Å². The molecule has 0 radical (unpaired) electrons. The number of carbonyl (C=O) groups excluding carboxylic acids is 2. The first-order valence-electron chi connectivity index (χ1n) is 6.57. The second-order valence-corrected chi connectivity index (χ2v) is 4.85. The van der Waals surface area contributed by atoms with Gasteiger partial charge in [-0.25, -0.2) is 9.59 Å². The van der Waals surface area contributed by atoms with Crippen LogP contribution in [0.3, 0.4) is 0 Å². The maximum absolute atomic E-state index is 11.7. The van der Waals surface area contributed by atoms with Crippen molar-refractivity contribution in [2.45, 2.75) is 57.0 Å². The van der Waals surface area contributed by atoms with Crippen LogP contribution in [0.4, 0.5) is 4.79 Å². The Balaban J connectivity index is 2.37. The molecule has 0 saturated heterocycles. The summed E-state index contributed by atoms with van der Waals surface area (Å²) in [5.41, 5.74) is 4.96. The van der Waals surface area contributed by atoms with Crippen LogP contribution in [-0.2, 0) is 9.59 Å². The number of aliphatic carboxylic acids is 1. The molecule has 1 saturated carbocycles. The van der Waals surface area contributed by atoms with Gasteiger partial charge in [-0.3, -0.25) is 4.79 Å². The largest absolute Gasteiger partial charge is 0.480 e. The summed E-state index contributed by atoms with van der Waals surface area (Å²) in [6.45, 7) is 0. The average Bonchev–Trinajstić information content (AvgIpc) is 2.35. The van der Waals surface area contributed by atoms with Crippen LogP contribution in [0.2, 0.25) is 0 Å². The molecule has 3 amide bonds. The second-order valence-electron chi connectivity index (χ2n) is 4.85. The third-order valence-electron chi connectivity index (χ3n) is 3.22. The van der Waals surface area contributed by atoms with E-state index in [0.717, 1.165) is 25.7 Å². The number of primary amides is 1. The van der Waals surface area contributed by atoms with E-state index in [2.05, 4.69) is 10.6 Å². The molecule has 0 aromatic rings. The summed E-state index contributed by atoms with van der Waals surface area (Å²) in [6, 6.07) is -1.47. The number of rotatable bonds is 6. The van der Waals surface area contributed by atoms with Gasteiger partial charge in [-0.15, -0.1) is 0 Å². The summed E-state index contributed by atoms with van der Waals surface area (Å²) in [6.07, 6.45) is 5.11. The van der Waals surface area contributed by atoms with E-state index in [1.54, 1.807) is 0 Å². The highest BCUT2D eigenvalue weighted by Gasteiger charge is 2.22. The van der Waals surface area contributed by atoms with Crippen LogP contribution in [-0.4, -0.2) is 35.1 Å². The van der Waals surface area contributed by atoms with Crippen molar-refractivity contribution in [1.29, 1.82) is 0 Å². The van der Waals surface area contributed by atoms with Gasteiger partial charge in [0.1, 0.15) is 6.04 Å². The predicted octanol–water partition coefficient (Wildman–Crippen LogP) is 0.337. The summed E-state index contributed by atoms with van der Waals surface area (Å²) in [5, 5.41) is 14.1. The number of carbonyl (C=O) groups is 3. The molecule has 5 N–H and O–H groups in total. The number of carboxylic acids is 1. The molecule has 0 aromatic carbocycles. The fraction of sp³-hybridized carbons (Fsp3) is 0.750. The molecule has 1 rings (SSSR count). The molecular formula is C12H21N3O4. The second kappa shape index (κ2) is 7.60. The van der Waals surface area contributed by atoms with Gasteiger partial charge in [0.2, 0.25) is 5.91 Å². The van der Waals surface area contributed by atoms with E-state index in [-0.39, 0.29) is 18.9 Å². The first kappa shape index (κ1) is 15.3. The van der Waals surface area contributed by atoms with Crippen molar-refractivity contribution < 1.29 is 19.5 Å². The van der Waals surface area contributed by atoms with Gasteiger partial charge in [-0.1, -0.05) is 19.3 Å². The fourth-order valence-corrected chi connectivity index (χ4v) is 2.18. The molecule has 0 bridgehead atoms. The van der Waals surface area contributed by atoms with Crippen molar-refractivity contribution in [3.8, 4) is 0 Å². The Morgan fingerprint density at radius 2 is 1.84 bits per heavy atom. The van der Waals surface area contributed by atoms with Gasteiger partial charge >= 0.3 is 12.0 Å². The zero-order valence-electron chi connectivity index (χ0n) is 10.9. The van der Waals surface area contributed by atoms with Gasteiger partial charge < -0.3 is 21.5 Å². The minimum absolute atomic E-state index is 0.00273. The summed E-state index contributed by atoms with van der Waals surface area (Å²) in [5.74, 6) is -1.75. The highest BCUT2D eigenvalue weighted by Crippen LogP contribution is 2.17. The van der Waals surface area contributed by atoms with E-state index in [9.17, 15) is 14.4 Å². The van der Waals surface area contributed by atoms with Gasteiger partial charge in [0.05, 0.1) is 0 Å². The van der Waals surface area contributed by atoms with Crippen LogP contribution >= 0.6 is 0 Å². The van der Waals surface area contributed by atoms with Crippen LogP contribution in [0.5, 0.6) is 0 Å². The lowest BCUT2D eigenvalue weighted by Gasteiger charge is -2.24. The molecule has 19 heavy (non-hydrogen) atoms. The van der Waals surface area contributed by atoms with Gasteiger partial charge in [0.25, 0.3) is 0 Å². The number of hydrogen-bond donors (Lipinski definition) is 4. The highest BCUT2D eigenvalue weighted by molar-refractivity contribution is 5.83. The summed E-state index contributed by atoms with van der Waals surface area (Å²) in [7, 11) is 0. The highest BCUT2D eigenvalue weighted by atomic mass is 16.4. The van der Waals surface area contributed by atoms with Gasteiger partial charge in [0.15, 0.2) is 0 Å². The Labute approximate surface area is 111 Å². The van der Waals surface area contributed by atoms with E-state index < -0.39 is 23.9 Å². The van der Waals surface area contributed by atoms with Crippen molar-refractivity contribution in [1.82, 2.24) is 10.6 Å². The van der Waals surface area contributed by atoms with Crippen LogP contribution in [0, 0.1) is 0 Å². The molecule has 0 aromatic heterocycles. The molecule has 0 spiro atoms. The lowest BCUT2D eigenvalue weighted by molar-refractivity contribution is -0.139. The number of amides is 3. The molecule has 108 valence electrons. The Morgan fingerprint density at radius 1 is 1.21 bits per heavy atom. The maximum Gasteiger partial charge on any atom is 0.326 e. The van der Waals surface area contributed by atoms with Crippen LogP contribution in [0.25, 0.3) is 0 Å². The van der Waals surface area contributed by atoms with Crippen molar-refractivity contribution in [2.24, 2.45) is 5.73 Å². The third kappa shape index (κ3) is 6.08.